The monoisotopic (exact) mass is 433 g/mol. The van der Waals surface area contributed by atoms with Gasteiger partial charge in [0.2, 0.25) is 11.8 Å². The molecule has 0 aliphatic carbocycles. The molecular formula is C24H28N6O2. The zero-order valence-electron chi connectivity index (χ0n) is 19.9. The van der Waals surface area contributed by atoms with Crippen molar-refractivity contribution >= 4 is 23.1 Å². The maximum absolute atomic E-state index is 12.5. The fourth-order valence-electron chi connectivity index (χ4n) is 3.45. The second-order valence-electron chi connectivity index (χ2n) is 9.06. The number of benzene rings is 1. The van der Waals surface area contributed by atoms with Gasteiger partial charge < -0.3 is 10.3 Å². The molecule has 8 nitrogen and oxygen atoms in total. The molecule has 0 bridgehead atoms. The number of carbonyl (C=O) groups is 1. The Morgan fingerprint density at radius 1 is 1.28 bits per heavy atom. The molecule has 1 amide bonds. The number of imidazole rings is 1. The van der Waals surface area contributed by atoms with Crippen molar-refractivity contribution in [2.45, 2.75) is 52.3 Å². The summed E-state index contributed by atoms with van der Waals surface area (Å²) in [5, 5.41) is 6.77. The van der Waals surface area contributed by atoms with Gasteiger partial charge in [0.1, 0.15) is 22.9 Å². The number of nitrogen functional groups attached to an aromatic ring is 1. The van der Waals surface area contributed by atoms with Gasteiger partial charge in [-0.1, -0.05) is 64.0 Å². The Morgan fingerprint density at radius 2 is 2.00 bits per heavy atom. The van der Waals surface area contributed by atoms with E-state index in [-0.39, 0.29) is 17.7 Å². The molecule has 0 aliphatic rings. The largest absolute Gasteiger partial charge is 0.382 e. The van der Waals surface area contributed by atoms with Crippen LogP contribution in [-0.2, 0) is 16.6 Å². The Bertz CT molecular complexity index is 1310. The summed E-state index contributed by atoms with van der Waals surface area (Å²) in [6, 6.07) is 9.28. The van der Waals surface area contributed by atoms with Crippen molar-refractivity contribution < 1.29 is 10.7 Å². The number of anilines is 2. The van der Waals surface area contributed by atoms with Crippen LogP contribution in [0.25, 0.3) is 16.8 Å². The number of carbonyl (C=O) groups excluding carboxylic acids is 1. The zero-order valence-corrected chi connectivity index (χ0v) is 18.9. The molecule has 0 spiro atoms. The van der Waals surface area contributed by atoms with Gasteiger partial charge in [-0.15, -0.1) is 0 Å². The maximum atomic E-state index is 12.5. The lowest BCUT2D eigenvalue weighted by atomic mass is 9.92. The van der Waals surface area contributed by atoms with Crippen LogP contribution < -0.4 is 11.1 Å². The minimum atomic E-state index is -0.916. The molecule has 0 saturated heterocycles. The molecule has 0 fully saturated rings. The Morgan fingerprint density at radius 3 is 2.62 bits per heavy atom. The van der Waals surface area contributed by atoms with Crippen molar-refractivity contribution in [2.75, 3.05) is 11.1 Å². The van der Waals surface area contributed by atoms with Crippen molar-refractivity contribution in [3.8, 4) is 11.3 Å². The lowest BCUT2D eigenvalue weighted by Gasteiger charge is -2.12. The average Bonchev–Trinajstić information content (AvgIpc) is 3.34. The molecule has 3 aromatic heterocycles. The third-order valence-corrected chi connectivity index (χ3v) is 5.16. The second kappa shape index (κ2) is 8.11. The van der Waals surface area contributed by atoms with Crippen LogP contribution in [0.5, 0.6) is 0 Å². The number of aromatic nitrogens is 4. The van der Waals surface area contributed by atoms with Crippen molar-refractivity contribution in [3.63, 3.8) is 0 Å². The fraction of sp³-hybridized carbons (Fsp3) is 0.333. The first-order valence-electron chi connectivity index (χ1n) is 10.9. The minimum Gasteiger partial charge on any atom is -0.382 e. The van der Waals surface area contributed by atoms with Crippen LogP contribution in [0.2, 0.25) is 0 Å². The SMILES string of the molecule is [2H]C(C)(C)c1nc(-c2ccc(CC(=O)Nc3cc(C(C)(C)C)no3)cc2)c2c(N)nccn12. The van der Waals surface area contributed by atoms with Crippen molar-refractivity contribution in [1.29, 1.82) is 0 Å². The number of nitrogens with zero attached hydrogens (tertiary/aromatic N) is 4. The Kier molecular flexibility index (Phi) is 5.13. The maximum Gasteiger partial charge on any atom is 0.231 e. The molecule has 1 aromatic carbocycles. The number of nitrogens with two attached hydrogens (primary N) is 1. The molecule has 0 aliphatic heterocycles. The van der Waals surface area contributed by atoms with Crippen LogP contribution in [0.4, 0.5) is 11.7 Å². The number of fused-ring (bicyclic) bond motifs is 1. The quantitative estimate of drug-likeness (QED) is 0.477. The van der Waals surface area contributed by atoms with E-state index in [1.54, 1.807) is 32.3 Å². The molecule has 3 heterocycles. The third-order valence-electron chi connectivity index (χ3n) is 5.16. The molecule has 4 rings (SSSR count). The predicted octanol–water partition coefficient (Wildman–Crippen LogP) is 4.57. The summed E-state index contributed by atoms with van der Waals surface area (Å²) in [4.78, 5) is 21.4. The summed E-state index contributed by atoms with van der Waals surface area (Å²) in [6.45, 7) is 9.64. The third kappa shape index (κ3) is 4.21. The van der Waals surface area contributed by atoms with E-state index in [0.29, 0.717) is 28.7 Å². The fourth-order valence-corrected chi connectivity index (χ4v) is 3.45. The second-order valence-corrected chi connectivity index (χ2v) is 9.06. The van der Waals surface area contributed by atoms with Crippen molar-refractivity contribution in [1.82, 2.24) is 19.5 Å². The van der Waals surface area contributed by atoms with Crippen LogP contribution in [0.1, 0.15) is 59.0 Å². The first kappa shape index (κ1) is 20.2. The molecular weight excluding hydrogens is 404 g/mol. The molecule has 0 atom stereocenters. The van der Waals surface area contributed by atoms with Gasteiger partial charge >= 0.3 is 0 Å². The normalized spacial score (nSPS) is 12.7. The Labute approximate surface area is 188 Å². The van der Waals surface area contributed by atoms with Crippen molar-refractivity contribution in [2.24, 2.45) is 0 Å². The van der Waals surface area contributed by atoms with E-state index in [0.717, 1.165) is 16.8 Å². The van der Waals surface area contributed by atoms with E-state index >= 15 is 0 Å². The van der Waals surface area contributed by atoms with E-state index in [1.807, 2.05) is 49.4 Å². The summed E-state index contributed by atoms with van der Waals surface area (Å²) in [7, 11) is 0. The number of hydrogen-bond donors (Lipinski definition) is 2. The lowest BCUT2D eigenvalue weighted by molar-refractivity contribution is -0.115. The van der Waals surface area contributed by atoms with Gasteiger partial charge in [-0.3, -0.25) is 14.5 Å². The van der Waals surface area contributed by atoms with E-state index in [9.17, 15) is 4.79 Å². The van der Waals surface area contributed by atoms with Gasteiger partial charge in [-0.05, 0) is 5.56 Å². The number of hydrogen-bond acceptors (Lipinski definition) is 6. The standard InChI is InChI=1S/C24H28N6O2/c1-14(2)23-28-20(21-22(25)26-10-11-30(21)23)16-8-6-15(7-9-16)12-18(31)27-19-13-17(29-32-19)24(3,4)5/h6-11,13-14H,12H2,1-5H3,(H2,25,26)(H,27,31)/i14D. The van der Waals surface area contributed by atoms with Gasteiger partial charge in [0.05, 0.1) is 12.1 Å². The molecule has 3 N–H and O–H groups in total. The highest BCUT2D eigenvalue weighted by atomic mass is 16.5. The zero-order chi connectivity index (χ0) is 24.0. The molecule has 32 heavy (non-hydrogen) atoms. The van der Waals surface area contributed by atoms with E-state index in [2.05, 4.69) is 15.5 Å². The minimum absolute atomic E-state index is 0.159. The van der Waals surface area contributed by atoms with Crippen LogP contribution in [0.15, 0.2) is 47.2 Å². The smallest absolute Gasteiger partial charge is 0.231 e. The first-order chi connectivity index (χ1) is 15.4. The molecule has 0 radical (unpaired) electrons. The van der Waals surface area contributed by atoms with Crippen LogP contribution in [0.3, 0.4) is 0 Å². The van der Waals surface area contributed by atoms with Gasteiger partial charge in [0.15, 0.2) is 0 Å². The van der Waals surface area contributed by atoms with Gasteiger partial charge in [0, 0.05) is 36.7 Å². The van der Waals surface area contributed by atoms with Crippen LogP contribution >= 0.6 is 0 Å². The Balaban J connectivity index is 1.55. The van der Waals surface area contributed by atoms with Crippen LogP contribution in [0, 0.1) is 0 Å². The predicted molar refractivity (Wildman–Crippen MR) is 124 cm³/mol. The topological polar surface area (TPSA) is 111 Å². The van der Waals surface area contributed by atoms with Crippen molar-refractivity contribution in [3.05, 3.63) is 59.8 Å². The molecule has 166 valence electrons. The number of nitrogens with one attached hydrogen (secondary N) is 1. The molecule has 8 heteroatoms. The molecule has 0 unspecified atom stereocenters. The summed E-state index contributed by atoms with van der Waals surface area (Å²) in [5.74, 6) is 0.144. The van der Waals surface area contributed by atoms with E-state index in [4.69, 9.17) is 16.6 Å². The summed E-state index contributed by atoms with van der Waals surface area (Å²) >= 11 is 0. The van der Waals surface area contributed by atoms with E-state index < -0.39 is 5.89 Å². The lowest BCUT2D eigenvalue weighted by Crippen LogP contribution is -2.14. The van der Waals surface area contributed by atoms with E-state index in [1.165, 1.54) is 0 Å². The highest BCUT2D eigenvalue weighted by molar-refractivity contribution is 5.91. The number of amides is 1. The van der Waals surface area contributed by atoms with Crippen LogP contribution in [-0.4, -0.2) is 25.4 Å². The summed E-state index contributed by atoms with van der Waals surface area (Å²) in [6.07, 6.45) is 3.55. The molecule has 0 saturated carbocycles. The Hall–Kier alpha value is -3.68. The first-order valence-corrected chi connectivity index (χ1v) is 10.4. The van der Waals surface area contributed by atoms with Gasteiger partial charge in [-0.25, -0.2) is 9.97 Å². The summed E-state index contributed by atoms with van der Waals surface area (Å²) < 4.78 is 15.5. The average molecular weight is 434 g/mol. The van der Waals surface area contributed by atoms with Gasteiger partial charge in [0.25, 0.3) is 0 Å². The summed E-state index contributed by atoms with van der Waals surface area (Å²) in [5.41, 5.74) is 9.75. The molecule has 4 aromatic rings. The van der Waals surface area contributed by atoms with Gasteiger partial charge in [-0.2, -0.15) is 0 Å². The highest BCUT2D eigenvalue weighted by Gasteiger charge is 2.20. The number of rotatable bonds is 5. The highest BCUT2D eigenvalue weighted by Crippen LogP contribution is 2.30.